The van der Waals surface area contributed by atoms with Gasteiger partial charge in [-0.15, -0.1) is 11.6 Å². The molecule has 6 heteroatoms. The van der Waals surface area contributed by atoms with E-state index in [9.17, 15) is 13.0 Å². The average molecular weight is 483 g/mol. The second-order valence-corrected chi connectivity index (χ2v) is 8.65. The first-order chi connectivity index (χ1) is 15.5. The van der Waals surface area contributed by atoms with Gasteiger partial charge in [-0.1, -0.05) is 78.9 Å². The van der Waals surface area contributed by atoms with Crippen molar-refractivity contribution in [2.75, 3.05) is 0 Å². The normalized spacial score (nSPS) is 11.2. The van der Waals surface area contributed by atoms with Crippen molar-refractivity contribution in [3.8, 4) is 11.1 Å². The summed E-state index contributed by atoms with van der Waals surface area (Å²) >= 11 is 0. The summed E-state index contributed by atoms with van der Waals surface area (Å²) < 4.78 is 33.5. The molecule has 0 saturated heterocycles. The molecule has 0 saturated carbocycles. The van der Waals surface area contributed by atoms with Crippen LogP contribution in [0, 0.1) is 6.07 Å². The largest absolute Gasteiger partial charge is 1.00 e. The van der Waals surface area contributed by atoms with Crippen molar-refractivity contribution in [2.24, 2.45) is 0 Å². The Hall–Kier alpha value is -1.73. The van der Waals surface area contributed by atoms with Gasteiger partial charge in [-0.25, -0.2) is 8.42 Å². The molecule has 0 aromatic heterocycles. The van der Waals surface area contributed by atoms with Crippen LogP contribution >= 0.6 is 0 Å². The molecule has 0 aliphatic carbocycles. The summed E-state index contributed by atoms with van der Waals surface area (Å²) in [6.07, 6.45) is 7.81. The fourth-order valence-electron chi connectivity index (χ4n) is 3.24. The zero-order valence-corrected chi connectivity index (χ0v) is 24.0. The van der Waals surface area contributed by atoms with Crippen molar-refractivity contribution in [2.45, 2.75) is 4.90 Å². The number of benzene rings is 4. The Kier molecular flexibility index (Phi) is 11.2. The first-order valence-electron chi connectivity index (χ1n) is 10.1. The molecule has 0 heterocycles. The molecule has 0 amide bonds. The molecule has 4 aromatic carbocycles. The molecule has 0 spiro atoms. The van der Waals surface area contributed by atoms with Crippen LogP contribution in [0.15, 0.2) is 102 Å². The Balaban J connectivity index is 0.00000204. The zero-order chi connectivity index (χ0) is 22.4. The molecule has 4 aromatic rings. The molecule has 0 unspecified atom stereocenters. The molecular weight excluding hydrogens is 462 g/mol. The van der Waals surface area contributed by atoms with Gasteiger partial charge in [-0.05, 0) is 39.9 Å². The van der Waals surface area contributed by atoms with Crippen molar-refractivity contribution in [1.29, 1.82) is 0 Å². The quantitative estimate of drug-likeness (QED) is 0.173. The smallest absolute Gasteiger partial charge is 0.744 e. The number of hydrogen-bond donors (Lipinski definition) is 0. The van der Waals surface area contributed by atoms with Crippen LogP contribution in [0.5, 0.6) is 0 Å². The maximum absolute atomic E-state index is 11.2. The third kappa shape index (κ3) is 8.19. The number of rotatable bonds is 6. The Morgan fingerprint density at radius 3 is 1.62 bits per heavy atom. The van der Waals surface area contributed by atoms with Crippen molar-refractivity contribution < 1.29 is 72.1 Å². The maximum atomic E-state index is 11.2. The van der Waals surface area contributed by atoms with Crippen LogP contribution in [-0.2, 0) is 10.1 Å². The molecule has 0 fully saturated rings. The maximum Gasteiger partial charge on any atom is 1.00 e. The van der Waals surface area contributed by atoms with Crippen molar-refractivity contribution in [3.63, 3.8) is 0 Å². The minimum atomic E-state index is -4.46. The Morgan fingerprint density at radius 2 is 1.12 bits per heavy atom. The van der Waals surface area contributed by atoms with E-state index in [1.54, 1.807) is 18.2 Å². The van der Waals surface area contributed by atoms with E-state index in [2.05, 4.69) is 42.5 Å². The van der Waals surface area contributed by atoms with E-state index < -0.39 is 10.1 Å². The van der Waals surface area contributed by atoms with E-state index >= 15 is 0 Å². The predicted molar refractivity (Wildman–Crippen MR) is 129 cm³/mol. The van der Waals surface area contributed by atoms with Gasteiger partial charge in [-0.3, -0.25) is 0 Å². The molecular formula is C28H20Na2O3S. The topological polar surface area (TPSA) is 57.2 Å². The number of hydrogen-bond acceptors (Lipinski definition) is 3. The molecule has 0 N–H and O–H groups in total. The summed E-state index contributed by atoms with van der Waals surface area (Å²) in [5, 5.41) is 0. The molecule has 0 atom stereocenters. The molecule has 0 bridgehead atoms. The summed E-state index contributed by atoms with van der Waals surface area (Å²) in [6, 6.07) is 33.3. The standard InChI is InChI=1S/C28H21O3S.2Na/c29-32(30,31)28-8-4-7-25(21-28)12-11-24-15-19-27(20-16-24)26-17-13-23(14-18-26)10-9-22-5-2-1-3-6-22;;/h1-2,4-21H,(H,29,30,31);;/q-1;2*+1/p-1/b10-9+,12-11+;;. The Bertz CT molecular complexity index is 1360. The molecule has 0 aliphatic rings. The van der Waals surface area contributed by atoms with Gasteiger partial charge in [-0.2, -0.15) is 30.3 Å². The Labute approximate surface area is 245 Å². The van der Waals surface area contributed by atoms with E-state index in [0.717, 1.165) is 27.8 Å². The summed E-state index contributed by atoms with van der Waals surface area (Å²) in [6.45, 7) is 0. The van der Waals surface area contributed by atoms with Crippen LogP contribution in [0.4, 0.5) is 0 Å². The first-order valence-corrected chi connectivity index (χ1v) is 11.5. The third-order valence-electron chi connectivity index (χ3n) is 4.97. The summed E-state index contributed by atoms with van der Waals surface area (Å²) in [7, 11) is -4.46. The van der Waals surface area contributed by atoms with Crippen LogP contribution in [0.3, 0.4) is 0 Å². The zero-order valence-electron chi connectivity index (χ0n) is 19.2. The Morgan fingerprint density at radius 1 is 0.618 bits per heavy atom. The fraction of sp³-hybridized carbons (Fsp3) is 0. The van der Waals surface area contributed by atoms with Crippen LogP contribution in [0.2, 0.25) is 0 Å². The van der Waals surface area contributed by atoms with Crippen molar-refractivity contribution in [3.05, 3.63) is 125 Å². The summed E-state index contributed by atoms with van der Waals surface area (Å²) in [5.74, 6) is 0. The summed E-state index contributed by atoms with van der Waals surface area (Å²) in [5.41, 5.74) is 6.10. The third-order valence-corrected chi connectivity index (χ3v) is 5.80. The van der Waals surface area contributed by atoms with E-state index in [1.165, 1.54) is 12.1 Å². The molecule has 3 nitrogen and oxygen atoms in total. The van der Waals surface area contributed by atoms with E-state index in [-0.39, 0.29) is 64.0 Å². The van der Waals surface area contributed by atoms with Crippen LogP contribution in [-0.4, -0.2) is 13.0 Å². The van der Waals surface area contributed by atoms with Crippen LogP contribution in [0.1, 0.15) is 22.3 Å². The SMILES string of the molecule is O=S(=O)([O-])c1cccc(/C=C/c2ccc(-c3ccc(/C=C/c4c[c-]ccc4)cc3)cc2)c1.[Na+].[Na+]. The van der Waals surface area contributed by atoms with Crippen LogP contribution in [0.25, 0.3) is 35.4 Å². The predicted octanol–water partition coefficient (Wildman–Crippen LogP) is 0.407. The van der Waals surface area contributed by atoms with Crippen LogP contribution < -0.4 is 59.1 Å². The van der Waals surface area contributed by atoms with Gasteiger partial charge < -0.3 is 4.55 Å². The van der Waals surface area contributed by atoms with Gasteiger partial charge in [0.2, 0.25) is 0 Å². The van der Waals surface area contributed by atoms with Gasteiger partial charge >= 0.3 is 59.1 Å². The monoisotopic (exact) mass is 482 g/mol. The second kappa shape index (κ2) is 13.4. The minimum Gasteiger partial charge on any atom is -0.744 e. The molecule has 34 heavy (non-hydrogen) atoms. The molecule has 158 valence electrons. The van der Waals surface area contributed by atoms with Gasteiger partial charge in [0.1, 0.15) is 10.1 Å². The average Bonchev–Trinajstić information content (AvgIpc) is 2.82. The molecule has 0 radical (unpaired) electrons. The summed E-state index contributed by atoms with van der Waals surface area (Å²) in [4.78, 5) is -0.226. The first kappa shape index (κ1) is 28.5. The molecule has 4 rings (SSSR count). The van der Waals surface area contributed by atoms with Gasteiger partial charge in [0.25, 0.3) is 0 Å². The van der Waals surface area contributed by atoms with E-state index in [0.29, 0.717) is 5.56 Å². The second-order valence-electron chi connectivity index (χ2n) is 7.27. The van der Waals surface area contributed by atoms with Gasteiger partial charge in [0.05, 0.1) is 4.90 Å². The van der Waals surface area contributed by atoms with Crippen molar-refractivity contribution in [1.82, 2.24) is 0 Å². The van der Waals surface area contributed by atoms with Gasteiger partial charge in [0, 0.05) is 0 Å². The van der Waals surface area contributed by atoms with E-state index in [1.807, 2.05) is 54.6 Å². The molecule has 0 aliphatic heterocycles. The van der Waals surface area contributed by atoms with Gasteiger partial charge in [0.15, 0.2) is 0 Å². The van der Waals surface area contributed by atoms with E-state index in [4.69, 9.17) is 0 Å². The fourth-order valence-corrected chi connectivity index (χ4v) is 3.77. The van der Waals surface area contributed by atoms with Crippen molar-refractivity contribution >= 4 is 34.4 Å². The minimum absolute atomic E-state index is 0.